The molecule has 6 heteroatoms. The fraction of sp³-hybridized carbons (Fsp3) is 0.500. The van der Waals surface area contributed by atoms with Gasteiger partial charge in [-0.1, -0.05) is 13.0 Å². The summed E-state index contributed by atoms with van der Waals surface area (Å²) in [6, 6.07) is 4.37. The lowest BCUT2D eigenvalue weighted by molar-refractivity contribution is -0.139. The number of carboxylic acids is 1. The second-order valence-corrected chi connectivity index (χ2v) is 4.53. The molecule has 0 aromatic carbocycles. The summed E-state index contributed by atoms with van der Waals surface area (Å²) >= 11 is 0. The minimum Gasteiger partial charge on any atom is -0.480 e. The van der Waals surface area contributed by atoms with Gasteiger partial charge in [0.1, 0.15) is 6.04 Å². The van der Waals surface area contributed by atoms with Gasteiger partial charge in [0.2, 0.25) is 0 Å². The number of aryl methyl sites for hydroxylation is 1. The highest BCUT2D eigenvalue weighted by Gasteiger charge is 2.21. The number of hydrogen-bond donors (Lipinski definition) is 2. The quantitative estimate of drug-likeness (QED) is 0.831. The summed E-state index contributed by atoms with van der Waals surface area (Å²) in [5, 5.41) is 11.5. The minimum absolute atomic E-state index is 0.349. The summed E-state index contributed by atoms with van der Waals surface area (Å²) in [5.41, 5.74) is 1.67. The largest absolute Gasteiger partial charge is 0.480 e. The van der Waals surface area contributed by atoms with Crippen molar-refractivity contribution in [2.75, 3.05) is 6.54 Å². The van der Waals surface area contributed by atoms with Crippen LogP contribution in [0.5, 0.6) is 0 Å². The third kappa shape index (κ3) is 4.53. The first-order valence-electron chi connectivity index (χ1n) is 6.68. The van der Waals surface area contributed by atoms with E-state index in [-0.39, 0.29) is 6.03 Å². The molecule has 20 heavy (non-hydrogen) atoms. The molecule has 0 fully saturated rings. The zero-order valence-electron chi connectivity index (χ0n) is 12.1. The van der Waals surface area contributed by atoms with E-state index in [1.54, 1.807) is 6.92 Å². The van der Waals surface area contributed by atoms with Crippen LogP contribution in [0, 0.1) is 6.92 Å². The first-order valence-corrected chi connectivity index (χ1v) is 6.68. The van der Waals surface area contributed by atoms with Crippen LogP contribution in [0.1, 0.15) is 31.7 Å². The Morgan fingerprint density at radius 1 is 1.40 bits per heavy atom. The molecular formula is C14H21N3O3. The van der Waals surface area contributed by atoms with Crippen LogP contribution in [0.15, 0.2) is 18.2 Å². The Morgan fingerprint density at radius 3 is 2.60 bits per heavy atom. The molecule has 0 saturated heterocycles. The standard InChI is InChI=1S/C14H21N3O3/c1-4-12(13(18)19)16-14(20)17(5-2)9-11-8-6-7-10(3)15-11/h6-8,12H,4-5,9H2,1-3H3,(H,16,20)(H,18,19)/t12-/m1/s1. The molecule has 1 heterocycles. The van der Waals surface area contributed by atoms with Crippen molar-refractivity contribution in [2.24, 2.45) is 0 Å². The van der Waals surface area contributed by atoms with Crippen molar-refractivity contribution in [3.8, 4) is 0 Å². The Morgan fingerprint density at radius 2 is 2.10 bits per heavy atom. The highest BCUT2D eigenvalue weighted by atomic mass is 16.4. The second-order valence-electron chi connectivity index (χ2n) is 4.53. The molecule has 0 bridgehead atoms. The monoisotopic (exact) mass is 279 g/mol. The molecule has 0 saturated carbocycles. The normalized spacial score (nSPS) is 11.8. The summed E-state index contributed by atoms with van der Waals surface area (Å²) in [7, 11) is 0. The fourth-order valence-corrected chi connectivity index (χ4v) is 1.79. The predicted molar refractivity (Wildman–Crippen MR) is 75.3 cm³/mol. The summed E-state index contributed by atoms with van der Waals surface area (Å²) in [6.45, 7) is 6.30. The van der Waals surface area contributed by atoms with E-state index in [1.165, 1.54) is 4.90 Å². The lowest BCUT2D eigenvalue weighted by Crippen LogP contribution is -2.47. The number of nitrogens with zero attached hydrogens (tertiary/aromatic N) is 2. The molecule has 0 spiro atoms. The number of rotatable bonds is 6. The van der Waals surface area contributed by atoms with Crippen molar-refractivity contribution in [2.45, 2.75) is 39.8 Å². The van der Waals surface area contributed by atoms with Crippen molar-refractivity contribution in [1.29, 1.82) is 0 Å². The Bertz CT molecular complexity index is 476. The third-order valence-corrected chi connectivity index (χ3v) is 2.97. The fourth-order valence-electron chi connectivity index (χ4n) is 1.79. The molecule has 2 N–H and O–H groups in total. The van der Waals surface area contributed by atoms with Gasteiger partial charge in [0.05, 0.1) is 12.2 Å². The highest BCUT2D eigenvalue weighted by molar-refractivity contribution is 5.82. The van der Waals surface area contributed by atoms with Crippen LogP contribution in [0.3, 0.4) is 0 Å². The number of aliphatic carboxylic acids is 1. The van der Waals surface area contributed by atoms with Crippen LogP contribution in [0.2, 0.25) is 0 Å². The second kappa shape index (κ2) is 7.47. The van der Waals surface area contributed by atoms with E-state index in [0.717, 1.165) is 11.4 Å². The smallest absolute Gasteiger partial charge is 0.326 e. The Kier molecular flexibility index (Phi) is 5.96. The Labute approximate surface area is 118 Å². The topological polar surface area (TPSA) is 82.5 Å². The SMILES string of the molecule is CC[C@@H](NC(=O)N(CC)Cc1cccc(C)n1)C(=O)O. The van der Waals surface area contributed by atoms with E-state index >= 15 is 0 Å². The van der Waals surface area contributed by atoms with Crippen LogP contribution in [-0.4, -0.2) is 39.6 Å². The van der Waals surface area contributed by atoms with Crippen molar-refractivity contribution in [3.63, 3.8) is 0 Å². The maximum Gasteiger partial charge on any atom is 0.326 e. The molecule has 0 aliphatic heterocycles. The summed E-state index contributed by atoms with van der Waals surface area (Å²) in [4.78, 5) is 28.9. The number of carbonyl (C=O) groups excluding carboxylic acids is 1. The van der Waals surface area contributed by atoms with E-state index in [1.807, 2.05) is 32.0 Å². The Hall–Kier alpha value is -2.11. The van der Waals surface area contributed by atoms with E-state index in [0.29, 0.717) is 19.5 Å². The van der Waals surface area contributed by atoms with Gasteiger partial charge in [-0.25, -0.2) is 9.59 Å². The van der Waals surface area contributed by atoms with Gasteiger partial charge in [0.15, 0.2) is 0 Å². The zero-order valence-corrected chi connectivity index (χ0v) is 12.1. The van der Waals surface area contributed by atoms with E-state index in [4.69, 9.17) is 5.11 Å². The van der Waals surface area contributed by atoms with Crippen LogP contribution in [-0.2, 0) is 11.3 Å². The highest BCUT2D eigenvalue weighted by Crippen LogP contribution is 2.04. The molecule has 1 aromatic rings. The number of carbonyl (C=O) groups is 2. The molecule has 1 aromatic heterocycles. The number of hydrogen-bond acceptors (Lipinski definition) is 3. The molecule has 1 rings (SSSR count). The summed E-state index contributed by atoms with van der Waals surface area (Å²) in [6.07, 6.45) is 0.349. The maximum atomic E-state index is 12.1. The first-order chi connectivity index (χ1) is 9.47. The van der Waals surface area contributed by atoms with Gasteiger partial charge in [-0.2, -0.15) is 0 Å². The predicted octanol–water partition coefficient (Wildman–Crippen LogP) is 1.78. The van der Waals surface area contributed by atoms with Crippen LogP contribution < -0.4 is 5.32 Å². The van der Waals surface area contributed by atoms with Gasteiger partial charge in [0, 0.05) is 12.2 Å². The van der Waals surface area contributed by atoms with E-state index in [2.05, 4.69) is 10.3 Å². The van der Waals surface area contributed by atoms with Gasteiger partial charge in [-0.15, -0.1) is 0 Å². The van der Waals surface area contributed by atoms with Gasteiger partial charge >= 0.3 is 12.0 Å². The van der Waals surface area contributed by atoms with Crippen LogP contribution in [0.25, 0.3) is 0 Å². The molecular weight excluding hydrogens is 258 g/mol. The number of nitrogens with one attached hydrogen (secondary N) is 1. The summed E-state index contributed by atoms with van der Waals surface area (Å²) in [5.74, 6) is -1.02. The number of aromatic nitrogens is 1. The average molecular weight is 279 g/mol. The van der Waals surface area contributed by atoms with E-state index in [9.17, 15) is 9.59 Å². The molecule has 1 atom stereocenters. The molecule has 0 unspecified atom stereocenters. The van der Waals surface area contributed by atoms with Crippen molar-refractivity contribution in [1.82, 2.24) is 15.2 Å². The molecule has 6 nitrogen and oxygen atoms in total. The third-order valence-electron chi connectivity index (χ3n) is 2.97. The lowest BCUT2D eigenvalue weighted by Gasteiger charge is -2.23. The van der Waals surface area contributed by atoms with Crippen LogP contribution >= 0.6 is 0 Å². The van der Waals surface area contributed by atoms with Gasteiger partial charge in [-0.05, 0) is 32.4 Å². The number of urea groups is 1. The van der Waals surface area contributed by atoms with Crippen molar-refractivity contribution in [3.05, 3.63) is 29.6 Å². The number of pyridine rings is 1. The minimum atomic E-state index is -1.02. The molecule has 0 aliphatic carbocycles. The summed E-state index contributed by atoms with van der Waals surface area (Å²) < 4.78 is 0. The molecule has 2 amide bonds. The Balaban J connectivity index is 2.70. The first kappa shape index (κ1) is 15.9. The average Bonchev–Trinajstić information content (AvgIpc) is 2.41. The van der Waals surface area contributed by atoms with E-state index < -0.39 is 12.0 Å². The van der Waals surface area contributed by atoms with Gasteiger partial charge in [-0.3, -0.25) is 4.98 Å². The van der Waals surface area contributed by atoms with Crippen molar-refractivity contribution < 1.29 is 14.7 Å². The zero-order chi connectivity index (χ0) is 15.1. The van der Waals surface area contributed by atoms with Gasteiger partial charge < -0.3 is 15.3 Å². The molecule has 0 radical (unpaired) electrons. The van der Waals surface area contributed by atoms with Crippen LogP contribution in [0.4, 0.5) is 4.79 Å². The maximum absolute atomic E-state index is 12.1. The van der Waals surface area contributed by atoms with Crippen molar-refractivity contribution >= 4 is 12.0 Å². The lowest BCUT2D eigenvalue weighted by atomic mass is 10.2. The van der Waals surface area contributed by atoms with Gasteiger partial charge in [0.25, 0.3) is 0 Å². The molecule has 110 valence electrons. The molecule has 0 aliphatic rings. The number of carboxylic acid groups (broad SMARTS) is 1. The number of amides is 2.